The molecular formula is C11H10N2O. The van der Waals surface area contributed by atoms with Gasteiger partial charge in [0.15, 0.2) is 0 Å². The summed E-state index contributed by atoms with van der Waals surface area (Å²) in [5.74, 6) is 0. The molecule has 2 aromatic rings. The minimum Gasteiger partial charge on any atom is -0.411 e. The van der Waals surface area contributed by atoms with E-state index >= 15 is 0 Å². The standard InChI is InChI=1S/C11H10N2O/c14-12-9-11-7-4-8-13(11)10-5-2-1-3-6-10/h1-9,14H/b12-9+. The first-order valence-corrected chi connectivity index (χ1v) is 4.32. The van der Waals surface area contributed by atoms with Gasteiger partial charge in [0.2, 0.25) is 0 Å². The highest BCUT2D eigenvalue weighted by Gasteiger charge is 1.99. The molecule has 0 atom stereocenters. The lowest BCUT2D eigenvalue weighted by atomic mass is 10.3. The van der Waals surface area contributed by atoms with E-state index in [0.29, 0.717) is 0 Å². The van der Waals surface area contributed by atoms with Crippen LogP contribution in [0.2, 0.25) is 0 Å². The maximum absolute atomic E-state index is 8.47. The van der Waals surface area contributed by atoms with Gasteiger partial charge >= 0.3 is 0 Å². The van der Waals surface area contributed by atoms with Crippen molar-refractivity contribution < 1.29 is 5.21 Å². The van der Waals surface area contributed by atoms with Crippen LogP contribution in [0.5, 0.6) is 0 Å². The highest BCUT2D eigenvalue weighted by Crippen LogP contribution is 2.10. The minimum absolute atomic E-state index is 0.846. The van der Waals surface area contributed by atoms with Gasteiger partial charge in [-0.3, -0.25) is 0 Å². The van der Waals surface area contributed by atoms with E-state index in [1.165, 1.54) is 6.21 Å². The highest BCUT2D eigenvalue weighted by atomic mass is 16.4. The number of hydrogen-bond acceptors (Lipinski definition) is 2. The van der Waals surface area contributed by atoms with Crippen molar-refractivity contribution in [3.63, 3.8) is 0 Å². The van der Waals surface area contributed by atoms with Crippen molar-refractivity contribution in [2.24, 2.45) is 5.16 Å². The fraction of sp³-hybridized carbons (Fsp3) is 0. The molecule has 0 saturated carbocycles. The zero-order valence-corrected chi connectivity index (χ0v) is 7.54. The summed E-state index contributed by atoms with van der Waals surface area (Å²) >= 11 is 0. The Bertz CT molecular complexity index is 432. The molecule has 3 heteroatoms. The molecule has 3 nitrogen and oxygen atoms in total. The van der Waals surface area contributed by atoms with Crippen molar-refractivity contribution in [3.8, 4) is 5.69 Å². The Morgan fingerprint density at radius 2 is 1.86 bits per heavy atom. The number of para-hydroxylation sites is 1. The van der Waals surface area contributed by atoms with E-state index in [-0.39, 0.29) is 0 Å². The Labute approximate surface area is 81.9 Å². The summed E-state index contributed by atoms with van der Waals surface area (Å²) in [4.78, 5) is 0. The molecule has 0 aliphatic carbocycles. The van der Waals surface area contributed by atoms with Crippen LogP contribution in [0.3, 0.4) is 0 Å². The summed E-state index contributed by atoms with van der Waals surface area (Å²) in [5, 5.41) is 11.5. The quantitative estimate of drug-likeness (QED) is 0.436. The average molecular weight is 186 g/mol. The van der Waals surface area contributed by atoms with Gasteiger partial charge < -0.3 is 9.77 Å². The Morgan fingerprint density at radius 1 is 1.07 bits per heavy atom. The molecule has 1 heterocycles. The molecule has 70 valence electrons. The predicted molar refractivity (Wildman–Crippen MR) is 55.1 cm³/mol. The molecule has 0 aliphatic heterocycles. The Morgan fingerprint density at radius 3 is 2.57 bits per heavy atom. The van der Waals surface area contributed by atoms with E-state index in [9.17, 15) is 0 Å². The molecule has 14 heavy (non-hydrogen) atoms. The van der Waals surface area contributed by atoms with Crippen molar-refractivity contribution in [2.75, 3.05) is 0 Å². The monoisotopic (exact) mass is 186 g/mol. The Hall–Kier alpha value is -2.03. The third-order valence-electron chi connectivity index (χ3n) is 2.00. The average Bonchev–Trinajstić information content (AvgIpc) is 2.68. The summed E-state index contributed by atoms with van der Waals surface area (Å²) in [6.45, 7) is 0. The van der Waals surface area contributed by atoms with Crippen LogP contribution in [0.15, 0.2) is 53.8 Å². The number of hydrogen-bond donors (Lipinski definition) is 1. The summed E-state index contributed by atoms with van der Waals surface area (Å²) in [6, 6.07) is 13.7. The zero-order chi connectivity index (χ0) is 9.80. The Kier molecular flexibility index (Phi) is 2.32. The van der Waals surface area contributed by atoms with Gasteiger partial charge in [-0.25, -0.2) is 0 Å². The van der Waals surface area contributed by atoms with E-state index in [4.69, 9.17) is 5.21 Å². The molecule has 0 saturated heterocycles. The lowest BCUT2D eigenvalue weighted by molar-refractivity contribution is 0.321. The molecule has 0 bridgehead atoms. The fourth-order valence-corrected chi connectivity index (χ4v) is 1.38. The van der Waals surface area contributed by atoms with Gasteiger partial charge in [0.05, 0.1) is 11.9 Å². The summed E-state index contributed by atoms with van der Waals surface area (Å²) in [5.41, 5.74) is 1.89. The fourth-order valence-electron chi connectivity index (χ4n) is 1.38. The minimum atomic E-state index is 0.846. The van der Waals surface area contributed by atoms with E-state index in [1.54, 1.807) is 0 Å². The second kappa shape index (κ2) is 3.79. The van der Waals surface area contributed by atoms with Crippen LogP contribution in [0.25, 0.3) is 5.69 Å². The van der Waals surface area contributed by atoms with Crippen LogP contribution >= 0.6 is 0 Å². The van der Waals surface area contributed by atoms with Gasteiger partial charge in [0.25, 0.3) is 0 Å². The van der Waals surface area contributed by atoms with Gasteiger partial charge in [-0.15, -0.1) is 0 Å². The van der Waals surface area contributed by atoms with Gasteiger partial charge in [-0.1, -0.05) is 23.4 Å². The zero-order valence-electron chi connectivity index (χ0n) is 7.54. The molecule has 0 radical (unpaired) electrons. The molecule has 2 rings (SSSR count). The number of oxime groups is 1. The van der Waals surface area contributed by atoms with E-state index in [0.717, 1.165) is 11.4 Å². The van der Waals surface area contributed by atoms with Crippen LogP contribution in [0.4, 0.5) is 0 Å². The van der Waals surface area contributed by atoms with Crippen LogP contribution in [-0.2, 0) is 0 Å². The van der Waals surface area contributed by atoms with Gasteiger partial charge in [0, 0.05) is 11.9 Å². The molecule has 1 N–H and O–H groups in total. The molecule has 0 spiro atoms. The molecular weight excluding hydrogens is 176 g/mol. The highest BCUT2D eigenvalue weighted by molar-refractivity contribution is 5.78. The van der Waals surface area contributed by atoms with Gasteiger partial charge in [-0.2, -0.15) is 0 Å². The first-order chi connectivity index (χ1) is 6.92. The molecule has 1 aromatic heterocycles. The largest absolute Gasteiger partial charge is 0.411 e. The van der Waals surface area contributed by atoms with Crippen molar-refractivity contribution in [3.05, 3.63) is 54.4 Å². The summed E-state index contributed by atoms with van der Waals surface area (Å²) in [7, 11) is 0. The van der Waals surface area contributed by atoms with Crippen LogP contribution in [0.1, 0.15) is 5.69 Å². The summed E-state index contributed by atoms with van der Waals surface area (Å²) in [6.07, 6.45) is 3.33. The normalized spacial score (nSPS) is 10.9. The van der Waals surface area contributed by atoms with Crippen molar-refractivity contribution in [2.45, 2.75) is 0 Å². The third kappa shape index (κ3) is 1.52. The third-order valence-corrected chi connectivity index (χ3v) is 2.00. The lowest BCUT2D eigenvalue weighted by Crippen LogP contribution is -1.96. The second-order valence-electron chi connectivity index (χ2n) is 2.88. The first kappa shape index (κ1) is 8.56. The SMILES string of the molecule is O/N=C/c1cccn1-c1ccccc1. The van der Waals surface area contributed by atoms with Crippen LogP contribution in [-0.4, -0.2) is 16.0 Å². The van der Waals surface area contributed by atoms with Crippen LogP contribution < -0.4 is 0 Å². The topological polar surface area (TPSA) is 37.5 Å². The number of rotatable bonds is 2. The molecule has 0 amide bonds. The molecule has 0 unspecified atom stereocenters. The molecule has 0 aliphatic rings. The first-order valence-electron chi connectivity index (χ1n) is 4.32. The second-order valence-corrected chi connectivity index (χ2v) is 2.88. The smallest absolute Gasteiger partial charge is 0.0901 e. The van der Waals surface area contributed by atoms with E-state index in [2.05, 4.69) is 5.16 Å². The lowest BCUT2D eigenvalue weighted by Gasteiger charge is -2.04. The maximum atomic E-state index is 8.47. The molecule has 1 aromatic carbocycles. The van der Waals surface area contributed by atoms with E-state index < -0.39 is 0 Å². The number of nitrogens with zero attached hydrogens (tertiary/aromatic N) is 2. The van der Waals surface area contributed by atoms with Gasteiger partial charge in [0.1, 0.15) is 0 Å². The number of benzene rings is 1. The summed E-state index contributed by atoms with van der Waals surface area (Å²) < 4.78 is 1.94. The van der Waals surface area contributed by atoms with Crippen molar-refractivity contribution in [1.82, 2.24) is 4.57 Å². The van der Waals surface area contributed by atoms with Crippen molar-refractivity contribution >= 4 is 6.21 Å². The molecule has 0 fully saturated rings. The Balaban J connectivity index is 2.47. The van der Waals surface area contributed by atoms with E-state index in [1.807, 2.05) is 53.2 Å². The van der Waals surface area contributed by atoms with Crippen molar-refractivity contribution in [1.29, 1.82) is 0 Å². The predicted octanol–water partition coefficient (Wildman–Crippen LogP) is 2.29. The van der Waals surface area contributed by atoms with Crippen LogP contribution in [0, 0.1) is 0 Å². The number of aromatic nitrogens is 1. The maximum Gasteiger partial charge on any atom is 0.0901 e. The van der Waals surface area contributed by atoms with Gasteiger partial charge in [-0.05, 0) is 24.3 Å².